The molecular formula is C16H24N2O3. The molecule has 0 radical (unpaired) electrons. The van der Waals surface area contributed by atoms with Gasteiger partial charge in [0.25, 0.3) is 0 Å². The van der Waals surface area contributed by atoms with Gasteiger partial charge in [0.15, 0.2) is 0 Å². The Labute approximate surface area is 125 Å². The maximum Gasteiger partial charge on any atom is 0.231 e. The molecule has 116 valence electrons. The van der Waals surface area contributed by atoms with Gasteiger partial charge in [0, 0.05) is 17.8 Å². The molecule has 21 heavy (non-hydrogen) atoms. The second-order valence-corrected chi connectivity index (χ2v) is 5.56. The van der Waals surface area contributed by atoms with Crippen molar-refractivity contribution in [2.45, 2.75) is 39.2 Å². The molecule has 1 amide bonds. The maximum absolute atomic E-state index is 12.5. The molecule has 1 aliphatic carbocycles. The Bertz CT molecular complexity index is 496. The highest BCUT2D eigenvalue weighted by Crippen LogP contribution is 2.38. The molecule has 5 heteroatoms. The monoisotopic (exact) mass is 292 g/mol. The lowest BCUT2D eigenvalue weighted by Crippen LogP contribution is -2.40. The van der Waals surface area contributed by atoms with Crippen molar-refractivity contribution in [1.82, 2.24) is 0 Å². The number of benzene rings is 1. The number of aliphatic hydroxyl groups excluding tert-OH is 1. The minimum Gasteiger partial charge on any atom is -0.494 e. The summed E-state index contributed by atoms with van der Waals surface area (Å²) in [4.78, 5) is 12.5. The predicted octanol–water partition coefficient (Wildman–Crippen LogP) is 2.04. The first-order chi connectivity index (χ1) is 10.1. The molecule has 1 aromatic rings. The number of carbonyl (C=O) groups is 1. The molecule has 0 unspecified atom stereocenters. The number of hydrogen-bond donors (Lipinski definition) is 3. The van der Waals surface area contributed by atoms with Crippen LogP contribution >= 0.6 is 0 Å². The van der Waals surface area contributed by atoms with E-state index in [1.807, 2.05) is 6.92 Å². The molecular weight excluding hydrogens is 268 g/mol. The molecule has 0 aromatic heterocycles. The molecule has 1 saturated carbocycles. The number of rotatable bonds is 6. The van der Waals surface area contributed by atoms with E-state index in [-0.39, 0.29) is 12.5 Å². The van der Waals surface area contributed by atoms with Crippen LogP contribution < -0.4 is 15.8 Å². The van der Waals surface area contributed by atoms with Crippen molar-refractivity contribution in [3.63, 3.8) is 0 Å². The zero-order valence-electron chi connectivity index (χ0n) is 12.5. The van der Waals surface area contributed by atoms with E-state index in [2.05, 4.69) is 5.32 Å². The van der Waals surface area contributed by atoms with Crippen molar-refractivity contribution < 1.29 is 14.6 Å². The second-order valence-electron chi connectivity index (χ2n) is 5.56. The number of ether oxygens (including phenoxy) is 1. The summed E-state index contributed by atoms with van der Waals surface area (Å²) >= 11 is 0. The molecule has 0 bridgehead atoms. The lowest BCUT2D eigenvalue weighted by atomic mass is 9.85. The molecule has 1 aromatic carbocycles. The van der Waals surface area contributed by atoms with E-state index in [0.717, 1.165) is 25.7 Å². The zero-order chi connectivity index (χ0) is 15.3. The van der Waals surface area contributed by atoms with E-state index in [0.29, 0.717) is 30.2 Å². The van der Waals surface area contributed by atoms with Crippen molar-refractivity contribution >= 4 is 11.6 Å². The third-order valence-electron chi connectivity index (χ3n) is 4.22. The Morgan fingerprint density at radius 2 is 2.14 bits per heavy atom. The molecule has 0 saturated heterocycles. The normalized spacial score (nSPS) is 16.7. The molecule has 0 atom stereocenters. The minimum absolute atomic E-state index is 0.0180. The fourth-order valence-electron chi connectivity index (χ4n) is 2.92. The first-order valence-electron chi connectivity index (χ1n) is 7.53. The summed E-state index contributed by atoms with van der Waals surface area (Å²) in [6, 6.07) is 5.32. The average Bonchev–Trinajstić information content (AvgIpc) is 2.99. The first kappa shape index (κ1) is 15.8. The Morgan fingerprint density at radius 1 is 1.43 bits per heavy atom. The summed E-state index contributed by atoms with van der Waals surface area (Å²) in [5.41, 5.74) is 6.73. The van der Waals surface area contributed by atoms with Crippen molar-refractivity contribution in [2.24, 2.45) is 11.1 Å². The van der Waals surface area contributed by atoms with Crippen LogP contribution in [0.2, 0.25) is 0 Å². The van der Waals surface area contributed by atoms with Crippen LogP contribution in [0.25, 0.3) is 0 Å². The summed E-state index contributed by atoms with van der Waals surface area (Å²) in [5, 5.41) is 12.3. The summed E-state index contributed by atoms with van der Waals surface area (Å²) in [6.45, 7) is 2.68. The molecule has 0 aliphatic heterocycles. The van der Waals surface area contributed by atoms with Gasteiger partial charge >= 0.3 is 0 Å². The van der Waals surface area contributed by atoms with Gasteiger partial charge in [-0.3, -0.25) is 4.79 Å². The topological polar surface area (TPSA) is 84.6 Å². The Morgan fingerprint density at radius 3 is 2.71 bits per heavy atom. The number of anilines is 1. The van der Waals surface area contributed by atoms with Crippen molar-refractivity contribution in [3.8, 4) is 5.75 Å². The summed E-state index contributed by atoms with van der Waals surface area (Å²) in [7, 11) is 0. The summed E-state index contributed by atoms with van der Waals surface area (Å²) < 4.78 is 5.44. The van der Waals surface area contributed by atoms with E-state index in [4.69, 9.17) is 10.5 Å². The first-order valence-corrected chi connectivity index (χ1v) is 7.53. The van der Waals surface area contributed by atoms with Gasteiger partial charge in [-0.2, -0.15) is 0 Å². The van der Waals surface area contributed by atoms with Crippen LogP contribution in [0.15, 0.2) is 18.2 Å². The molecule has 4 N–H and O–H groups in total. The highest BCUT2D eigenvalue weighted by atomic mass is 16.5. The number of amides is 1. The number of nitrogens with two attached hydrogens (primary N) is 1. The standard InChI is InChI=1S/C16H24N2O3/c1-2-21-14-6-5-13(9-12(14)10-19)18-15(20)16(11-17)7-3-4-8-16/h5-6,9,19H,2-4,7-8,10-11,17H2,1H3,(H,18,20). The smallest absolute Gasteiger partial charge is 0.231 e. The molecule has 0 heterocycles. The third kappa shape index (κ3) is 3.36. The lowest BCUT2D eigenvalue weighted by Gasteiger charge is -2.26. The van der Waals surface area contributed by atoms with E-state index in [1.54, 1.807) is 18.2 Å². The molecule has 2 rings (SSSR count). The molecule has 5 nitrogen and oxygen atoms in total. The molecule has 1 aliphatic rings. The Balaban J connectivity index is 2.14. The highest BCUT2D eigenvalue weighted by Gasteiger charge is 2.39. The SMILES string of the molecule is CCOc1ccc(NC(=O)C2(CN)CCCC2)cc1CO. The van der Waals surface area contributed by atoms with E-state index >= 15 is 0 Å². The van der Waals surface area contributed by atoms with Gasteiger partial charge in [-0.25, -0.2) is 0 Å². The molecule has 1 fully saturated rings. The van der Waals surface area contributed by atoms with Gasteiger partial charge in [0.05, 0.1) is 18.6 Å². The van der Waals surface area contributed by atoms with Crippen molar-refractivity contribution in [2.75, 3.05) is 18.5 Å². The van der Waals surface area contributed by atoms with Crippen molar-refractivity contribution in [1.29, 1.82) is 0 Å². The van der Waals surface area contributed by atoms with Crippen LogP contribution in [0, 0.1) is 5.41 Å². The summed E-state index contributed by atoms with van der Waals surface area (Å²) in [5.74, 6) is 0.628. The quantitative estimate of drug-likeness (QED) is 0.749. The fraction of sp³-hybridized carbons (Fsp3) is 0.562. The van der Waals surface area contributed by atoms with Crippen LogP contribution in [-0.2, 0) is 11.4 Å². The van der Waals surface area contributed by atoms with Crippen LogP contribution in [0.3, 0.4) is 0 Å². The van der Waals surface area contributed by atoms with Gasteiger partial charge < -0.3 is 20.9 Å². The Kier molecular flexibility index (Phi) is 5.20. The minimum atomic E-state index is -0.433. The number of hydrogen-bond acceptors (Lipinski definition) is 4. The van der Waals surface area contributed by atoms with E-state index < -0.39 is 5.41 Å². The fourth-order valence-corrected chi connectivity index (χ4v) is 2.92. The van der Waals surface area contributed by atoms with E-state index in [1.165, 1.54) is 0 Å². The van der Waals surface area contributed by atoms with Crippen LogP contribution in [0.4, 0.5) is 5.69 Å². The van der Waals surface area contributed by atoms with Gasteiger partial charge in [0.2, 0.25) is 5.91 Å². The number of carbonyl (C=O) groups excluding carboxylic acids is 1. The highest BCUT2D eigenvalue weighted by molar-refractivity contribution is 5.95. The van der Waals surface area contributed by atoms with Crippen LogP contribution in [0.1, 0.15) is 38.2 Å². The van der Waals surface area contributed by atoms with E-state index in [9.17, 15) is 9.90 Å². The second kappa shape index (κ2) is 6.91. The van der Waals surface area contributed by atoms with Crippen LogP contribution in [0.5, 0.6) is 5.75 Å². The summed E-state index contributed by atoms with van der Waals surface area (Å²) in [6.07, 6.45) is 3.80. The van der Waals surface area contributed by atoms with Gasteiger partial charge in [-0.1, -0.05) is 12.8 Å². The zero-order valence-corrected chi connectivity index (χ0v) is 12.5. The van der Waals surface area contributed by atoms with Gasteiger partial charge in [0.1, 0.15) is 5.75 Å². The van der Waals surface area contributed by atoms with Gasteiger partial charge in [-0.05, 0) is 38.0 Å². The lowest BCUT2D eigenvalue weighted by molar-refractivity contribution is -0.124. The third-order valence-corrected chi connectivity index (χ3v) is 4.22. The largest absolute Gasteiger partial charge is 0.494 e. The average molecular weight is 292 g/mol. The Hall–Kier alpha value is -1.59. The van der Waals surface area contributed by atoms with Crippen LogP contribution in [-0.4, -0.2) is 24.2 Å². The predicted molar refractivity (Wildman–Crippen MR) is 82.1 cm³/mol. The van der Waals surface area contributed by atoms with Crippen molar-refractivity contribution in [3.05, 3.63) is 23.8 Å². The number of nitrogens with one attached hydrogen (secondary N) is 1. The molecule has 0 spiro atoms. The maximum atomic E-state index is 12.5. The number of aliphatic hydroxyl groups is 1. The van der Waals surface area contributed by atoms with Gasteiger partial charge in [-0.15, -0.1) is 0 Å².